The second-order valence-electron chi connectivity index (χ2n) is 5.28. The average molecular weight is 321 g/mol. The molecule has 0 aliphatic carbocycles. The van der Waals surface area contributed by atoms with Gasteiger partial charge < -0.3 is 29.0 Å². The fraction of sp³-hybridized carbons (Fsp3) is 0.857. The number of carbonyl (C=O) groups is 2. The van der Waals surface area contributed by atoms with Crippen LogP contribution in [-0.4, -0.2) is 71.0 Å². The molecule has 0 bridgehead atoms. The molecule has 0 fully saturated rings. The molecule has 0 aromatic carbocycles. The standard InChI is InChI=1S/C14H27NO7/c1-14(2,3)22-13(17)15-5-6-19-7-8-20-9-10-21-11-12(16)18-4/h5-11H2,1-4H3,(H,15,17). The Labute approximate surface area is 131 Å². The summed E-state index contributed by atoms with van der Waals surface area (Å²) < 4.78 is 25.0. The molecule has 130 valence electrons. The Kier molecular flexibility index (Phi) is 11.4. The van der Waals surface area contributed by atoms with Crippen LogP contribution in [0.25, 0.3) is 0 Å². The molecule has 0 rings (SSSR count). The van der Waals surface area contributed by atoms with Crippen LogP contribution in [0.1, 0.15) is 20.8 Å². The summed E-state index contributed by atoms with van der Waals surface area (Å²) in [7, 11) is 1.30. The van der Waals surface area contributed by atoms with Crippen LogP contribution in [-0.2, 0) is 28.5 Å². The molecule has 8 nitrogen and oxygen atoms in total. The Morgan fingerprint density at radius 1 is 0.909 bits per heavy atom. The Morgan fingerprint density at radius 2 is 1.45 bits per heavy atom. The smallest absolute Gasteiger partial charge is 0.407 e. The van der Waals surface area contributed by atoms with Gasteiger partial charge in [0, 0.05) is 6.54 Å². The summed E-state index contributed by atoms with van der Waals surface area (Å²) >= 11 is 0. The summed E-state index contributed by atoms with van der Waals surface area (Å²) in [5.41, 5.74) is -0.505. The SMILES string of the molecule is COC(=O)COCCOCCOCCNC(=O)OC(C)(C)C. The number of carbonyl (C=O) groups excluding carboxylic acids is 2. The van der Waals surface area contributed by atoms with E-state index in [-0.39, 0.29) is 6.61 Å². The second kappa shape index (κ2) is 12.2. The van der Waals surface area contributed by atoms with Crippen LogP contribution in [0.3, 0.4) is 0 Å². The summed E-state index contributed by atoms with van der Waals surface area (Å²) in [6.45, 7) is 7.58. The molecule has 22 heavy (non-hydrogen) atoms. The van der Waals surface area contributed by atoms with E-state index in [1.165, 1.54) is 7.11 Å². The highest BCUT2D eigenvalue weighted by Crippen LogP contribution is 2.05. The van der Waals surface area contributed by atoms with Crippen LogP contribution < -0.4 is 5.32 Å². The molecule has 1 N–H and O–H groups in total. The van der Waals surface area contributed by atoms with Gasteiger partial charge in [-0.2, -0.15) is 0 Å². The van der Waals surface area contributed by atoms with E-state index < -0.39 is 17.7 Å². The van der Waals surface area contributed by atoms with E-state index in [2.05, 4.69) is 10.1 Å². The third-order valence-corrected chi connectivity index (χ3v) is 2.11. The van der Waals surface area contributed by atoms with E-state index >= 15 is 0 Å². The lowest BCUT2D eigenvalue weighted by Crippen LogP contribution is -2.34. The van der Waals surface area contributed by atoms with Crippen LogP contribution in [0.15, 0.2) is 0 Å². The summed E-state index contributed by atoms with van der Waals surface area (Å²) in [4.78, 5) is 22.0. The molecule has 0 aliphatic rings. The molecule has 1 amide bonds. The molecule has 0 atom stereocenters. The van der Waals surface area contributed by atoms with Gasteiger partial charge in [-0.3, -0.25) is 0 Å². The van der Waals surface area contributed by atoms with E-state index in [1.807, 2.05) is 0 Å². The fourth-order valence-corrected chi connectivity index (χ4v) is 1.19. The lowest BCUT2D eigenvalue weighted by atomic mass is 10.2. The van der Waals surface area contributed by atoms with Crippen molar-refractivity contribution < 1.29 is 33.3 Å². The van der Waals surface area contributed by atoms with Crippen molar-refractivity contribution in [1.82, 2.24) is 5.32 Å². The Morgan fingerprint density at radius 3 is 2.00 bits per heavy atom. The van der Waals surface area contributed by atoms with E-state index in [0.29, 0.717) is 39.6 Å². The first-order valence-corrected chi connectivity index (χ1v) is 7.12. The lowest BCUT2D eigenvalue weighted by molar-refractivity contribution is -0.146. The number of hydrogen-bond donors (Lipinski definition) is 1. The topological polar surface area (TPSA) is 92.3 Å². The minimum Gasteiger partial charge on any atom is -0.467 e. The molecule has 0 saturated heterocycles. The monoisotopic (exact) mass is 321 g/mol. The molecular weight excluding hydrogens is 294 g/mol. The summed E-state index contributed by atoms with van der Waals surface area (Å²) in [5.74, 6) is -0.416. The molecule has 0 aliphatic heterocycles. The van der Waals surface area contributed by atoms with Crippen molar-refractivity contribution in [3.63, 3.8) is 0 Å². The lowest BCUT2D eigenvalue weighted by Gasteiger charge is -2.19. The normalized spacial score (nSPS) is 11.1. The van der Waals surface area contributed by atoms with Crippen LogP contribution >= 0.6 is 0 Å². The van der Waals surface area contributed by atoms with Crippen molar-refractivity contribution in [2.24, 2.45) is 0 Å². The van der Waals surface area contributed by atoms with E-state index in [0.717, 1.165) is 0 Å². The van der Waals surface area contributed by atoms with E-state index in [4.69, 9.17) is 18.9 Å². The zero-order chi connectivity index (χ0) is 16.8. The minimum atomic E-state index is -0.505. The number of nitrogens with one attached hydrogen (secondary N) is 1. The number of amides is 1. The number of ether oxygens (including phenoxy) is 5. The molecule has 8 heteroatoms. The zero-order valence-corrected chi connectivity index (χ0v) is 13.8. The first kappa shape index (κ1) is 20.6. The van der Waals surface area contributed by atoms with Crippen molar-refractivity contribution in [3.8, 4) is 0 Å². The molecule has 0 radical (unpaired) electrons. The largest absolute Gasteiger partial charge is 0.467 e. The predicted molar refractivity (Wildman–Crippen MR) is 78.7 cm³/mol. The van der Waals surface area contributed by atoms with Crippen molar-refractivity contribution >= 4 is 12.1 Å². The Bertz CT molecular complexity index is 315. The van der Waals surface area contributed by atoms with Gasteiger partial charge in [-0.05, 0) is 20.8 Å². The zero-order valence-electron chi connectivity index (χ0n) is 13.8. The highest BCUT2D eigenvalue weighted by atomic mass is 16.6. The van der Waals surface area contributed by atoms with Gasteiger partial charge >= 0.3 is 12.1 Å². The van der Waals surface area contributed by atoms with Gasteiger partial charge in [0.25, 0.3) is 0 Å². The number of rotatable bonds is 11. The summed E-state index contributed by atoms with van der Waals surface area (Å²) in [5, 5.41) is 2.58. The van der Waals surface area contributed by atoms with Crippen LogP contribution in [0.2, 0.25) is 0 Å². The maximum Gasteiger partial charge on any atom is 0.407 e. The Balaban J connectivity index is 3.24. The fourth-order valence-electron chi connectivity index (χ4n) is 1.19. The van der Waals surface area contributed by atoms with Gasteiger partial charge in [0.1, 0.15) is 12.2 Å². The third-order valence-electron chi connectivity index (χ3n) is 2.11. The van der Waals surface area contributed by atoms with Gasteiger partial charge in [0.05, 0.1) is 40.1 Å². The number of methoxy groups -OCH3 is 1. The highest BCUT2D eigenvalue weighted by molar-refractivity contribution is 5.70. The van der Waals surface area contributed by atoms with Gasteiger partial charge in [-0.1, -0.05) is 0 Å². The molecule has 0 heterocycles. The molecule has 0 aromatic heterocycles. The first-order chi connectivity index (χ1) is 10.3. The molecular formula is C14H27NO7. The number of hydrogen-bond acceptors (Lipinski definition) is 7. The predicted octanol–water partition coefficient (Wildman–Crippen LogP) is 0.734. The summed E-state index contributed by atoms with van der Waals surface area (Å²) in [6.07, 6.45) is -0.463. The van der Waals surface area contributed by atoms with Crippen molar-refractivity contribution in [2.75, 3.05) is 53.3 Å². The molecule has 0 saturated carbocycles. The molecule has 0 unspecified atom stereocenters. The van der Waals surface area contributed by atoms with Crippen LogP contribution in [0.5, 0.6) is 0 Å². The number of alkyl carbamates (subject to hydrolysis) is 1. The van der Waals surface area contributed by atoms with Crippen LogP contribution in [0, 0.1) is 0 Å². The number of esters is 1. The van der Waals surface area contributed by atoms with E-state index in [9.17, 15) is 9.59 Å². The van der Waals surface area contributed by atoms with E-state index in [1.54, 1.807) is 20.8 Å². The molecule has 0 aromatic rings. The van der Waals surface area contributed by atoms with Gasteiger partial charge in [0.15, 0.2) is 0 Å². The van der Waals surface area contributed by atoms with Crippen molar-refractivity contribution in [1.29, 1.82) is 0 Å². The maximum absolute atomic E-state index is 11.3. The van der Waals surface area contributed by atoms with Crippen molar-refractivity contribution in [3.05, 3.63) is 0 Å². The maximum atomic E-state index is 11.3. The average Bonchev–Trinajstić information content (AvgIpc) is 2.42. The van der Waals surface area contributed by atoms with Gasteiger partial charge in [-0.25, -0.2) is 9.59 Å². The van der Waals surface area contributed by atoms with Crippen molar-refractivity contribution in [2.45, 2.75) is 26.4 Å². The molecule has 0 spiro atoms. The summed E-state index contributed by atoms with van der Waals surface area (Å²) in [6, 6.07) is 0. The second-order valence-corrected chi connectivity index (χ2v) is 5.28. The minimum absolute atomic E-state index is 0.0767. The quantitative estimate of drug-likeness (QED) is 0.443. The first-order valence-electron chi connectivity index (χ1n) is 7.12. The van der Waals surface area contributed by atoms with Crippen LogP contribution in [0.4, 0.5) is 4.79 Å². The third kappa shape index (κ3) is 15.0. The van der Waals surface area contributed by atoms with Gasteiger partial charge in [0.2, 0.25) is 0 Å². The Hall–Kier alpha value is -1.38. The van der Waals surface area contributed by atoms with Gasteiger partial charge in [-0.15, -0.1) is 0 Å². The highest BCUT2D eigenvalue weighted by Gasteiger charge is 2.15.